The number of fused-ring (bicyclic) bond motifs is 1. The van der Waals surface area contributed by atoms with E-state index in [1.807, 2.05) is 19.1 Å². The van der Waals surface area contributed by atoms with Crippen LogP contribution in [0, 0.1) is 6.92 Å². The number of aryl methyl sites for hydroxylation is 1. The first kappa shape index (κ1) is 13.8. The van der Waals surface area contributed by atoms with Crippen LogP contribution in [0.5, 0.6) is 0 Å². The molecule has 1 amide bonds. The summed E-state index contributed by atoms with van der Waals surface area (Å²) >= 11 is 0. The van der Waals surface area contributed by atoms with E-state index in [2.05, 4.69) is 20.6 Å². The number of amides is 1. The molecule has 1 saturated heterocycles. The van der Waals surface area contributed by atoms with Gasteiger partial charge in [-0.3, -0.25) is 4.79 Å². The number of carbonyl (C=O) groups excluding carboxylic acids is 1. The second-order valence-electron chi connectivity index (χ2n) is 5.37. The summed E-state index contributed by atoms with van der Waals surface area (Å²) in [5, 5.41) is 7.67. The molecular weight excluding hydrogens is 266 g/mol. The summed E-state index contributed by atoms with van der Waals surface area (Å²) in [4.78, 5) is 20.4. The third-order valence-corrected chi connectivity index (χ3v) is 3.74. The number of hydrogen-bond acceptors (Lipinski definition) is 5. The lowest BCUT2D eigenvalue weighted by Crippen LogP contribution is -2.38. The lowest BCUT2D eigenvalue weighted by atomic mass is 10.1. The van der Waals surface area contributed by atoms with Gasteiger partial charge in [-0.05, 0) is 38.4 Å². The van der Waals surface area contributed by atoms with Crippen molar-refractivity contribution < 1.29 is 4.79 Å². The largest absolute Gasteiger partial charge is 0.366 e. The van der Waals surface area contributed by atoms with Crippen molar-refractivity contribution in [3.63, 3.8) is 0 Å². The van der Waals surface area contributed by atoms with Crippen molar-refractivity contribution in [3.05, 3.63) is 29.6 Å². The van der Waals surface area contributed by atoms with Crippen LogP contribution in [0.4, 0.5) is 5.82 Å². The summed E-state index contributed by atoms with van der Waals surface area (Å²) in [5.74, 6) is 0.931. The van der Waals surface area contributed by atoms with Crippen molar-refractivity contribution >= 4 is 22.6 Å². The Morgan fingerprint density at radius 2 is 2.29 bits per heavy atom. The van der Waals surface area contributed by atoms with E-state index >= 15 is 0 Å². The first-order valence-electron chi connectivity index (χ1n) is 7.19. The normalized spacial score (nSPS) is 18.6. The highest BCUT2D eigenvalue weighted by Crippen LogP contribution is 2.24. The van der Waals surface area contributed by atoms with Crippen LogP contribution in [-0.4, -0.2) is 35.0 Å². The smallest absolute Gasteiger partial charge is 0.250 e. The van der Waals surface area contributed by atoms with E-state index in [0.717, 1.165) is 37.1 Å². The minimum Gasteiger partial charge on any atom is -0.366 e. The zero-order valence-corrected chi connectivity index (χ0v) is 12.0. The highest BCUT2D eigenvalue weighted by Gasteiger charge is 2.17. The average Bonchev–Trinajstić information content (AvgIpc) is 2.47. The van der Waals surface area contributed by atoms with Crippen LogP contribution in [-0.2, 0) is 0 Å². The van der Waals surface area contributed by atoms with Gasteiger partial charge in [0, 0.05) is 18.0 Å². The van der Waals surface area contributed by atoms with Gasteiger partial charge in [0.1, 0.15) is 11.6 Å². The van der Waals surface area contributed by atoms with Gasteiger partial charge >= 0.3 is 0 Å². The SMILES string of the molecule is Cc1nc(N[C@H]2CCCNC2)c2cccc(C(N)=O)c2n1. The third kappa shape index (κ3) is 2.80. The molecule has 6 nitrogen and oxygen atoms in total. The Bertz CT molecular complexity index is 679. The number of benzene rings is 1. The molecule has 2 aromatic rings. The molecule has 1 atom stereocenters. The van der Waals surface area contributed by atoms with Gasteiger partial charge in [-0.1, -0.05) is 6.07 Å². The predicted octanol–water partition coefficient (Wildman–Crippen LogP) is 1.20. The molecule has 0 spiro atoms. The number of primary amides is 1. The standard InChI is InChI=1S/C15H19N5O/c1-9-18-13-11(14(16)21)5-2-6-12(13)15(19-9)20-10-4-3-7-17-8-10/h2,5-6,10,17H,3-4,7-8H2,1H3,(H2,16,21)(H,18,19,20)/t10-/m0/s1. The van der Waals surface area contributed by atoms with Crippen molar-refractivity contribution in [2.45, 2.75) is 25.8 Å². The number of anilines is 1. The lowest BCUT2D eigenvalue weighted by Gasteiger charge is -2.25. The third-order valence-electron chi connectivity index (χ3n) is 3.74. The second kappa shape index (κ2) is 5.65. The minimum absolute atomic E-state index is 0.341. The van der Waals surface area contributed by atoms with E-state index in [0.29, 0.717) is 22.9 Å². The summed E-state index contributed by atoms with van der Waals surface area (Å²) in [6.07, 6.45) is 2.25. The monoisotopic (exact) mass is 285 g/mol. The highest BCUT2D eigenvalue weighted by molar-refractivity contribution is 6.07. The summed E-state index contributed by atoms with van der Waals surface area (Å²) in [5.41, 5.74) is 6.48. The van der Waals surface area contributed by atoms with Crippen LogP contribution in [0.2, 0.25) is 0 Å². The number of para-hydroxylation sites is 1. The fourth-order valence-corrected chi connectivity index (χ4v) is 2.74. The van der Waals surface area contributed by atoms with Crippen LogP contribution < -0.4 is 16.4 Å². The van der Waals surface area contributed by atoms with Crippen molar-refractivity contribution in [2.24, 2.45) is 5.73 Å². The van der Waals surface area contributed by atoms with Crippen LogP contribution in [0.15, 0.2) is 18.2 Å². The number of aromatic nitrogens is 2. The molecule has 4 N–H and O–H groups in total. The van der Waals surface area contributed by atoms with E-state index in [1.165, 1.54) is 0 Å². The van der Waals surface area contributed by atoms with Gasteiger partial charge in [-0.2, -0.15) is 0 Å². The molecule has 6 heteroatoms. The molecule has 0 aliphatic carbocycles. The van der Waals surface area contributed by atoms with Gasteiger partial charge in [-0.25, -0.2) is 9.97 Å². The molecule has 0 unspecified atom stereocenters. The van der Waals surface area contributed by atoms with E-state index in [4.69, 9.17) is 5.73 Å². The summed E-state index contributed by atoms with van der Waals surface area (Å²) in [6, 6.07) is 5.77. The Morgan fingerprint density at radius 3 is 3.00 bits per heavy atom. The van der Waals surface area contributed by atoms with Gasteiger partial charge in [0.05, 0.1) is 11.1 Å². The average molecular weight is 285 g/mol. The highest BCUT2D eigenvalue weighted by atomic mass is 16.1. The van der Waals surface area contributed by atoms with Crippen LogP contribution in [0.25, 0.3) is 10.9 Å². The van der Waals surface area contributed by atoms with Crippen LogP contribution in [0.1, 0.15) is 29.0 Å². The van der Waals surface area contributed by atoms with Gasteiger partial charge in [0.15, 0.2) is 0 Å². The molecule has 21 heavy (non-hydrogen) atoms. The molecule has 1 aromatic heterocycles. The van der Waals surface area contributed by atoms with Gasteiger partial charge in [0.2, 0.25) is 0 Å². The molecule has 1 aromatic carbocycles. The number of piperidine rings is 1. The number of nitrogens with zero attached hydrogens (tertiary/aromatic N) is 2. The molecule has 0 saturated carbocycles. The van der Waals surface area contributed by atoms with Gasteiger partial charge in [-0.15, -0.1) is 0 Å². The number of carbonyl (C=O) groups is 1. The zero-order valence-electron chi connectivity index (χ0n) is 12.0. The van der Waals surface area contributed by atoms with E-state index in [-0.39, 0.29) is 0 Å². The Balaban J connectivity index is 2.05. The Kier molecular flexibility index (Phi) is 3.70. The summed E-state index contributed by atoms with van der Waals surface area (Å²) in [7, 11) is 0. The van der Waals surface area contributed by atoms with E-state index in [9.17, 15) is 4.79 Å². The first-order chi connectivity index (χ1) is 10.1. The molecule has 1 aliphatic rings. The van der Waals surface area contributed by atoms with Crippen molar-refractivity contribution in [1.82, 2.24) is 15.3 Å². The molecule has 1 aliphatic heterocycles. The Morgan fingerprint density at radius 1 is 1.43 bits per heavy atom. The molecule has 110 valence electrons. The quantitative estimate of drug-likeness (QED) is 0.788. The Labute approximate surface area is 123 Å². The maximum Gasteiger partial charge on any atom is 0.250 e. The van der Waals surface area contributed by atoms with Crippen molar-refractivity contribution in [1.29, 1.82) is 0 Å². The fraction of sp³-hybridized carbons (Fsp3) is 0.400. The number of hydrogen-bond donors (Lipinski definition) is 3. The van der Waals surface area contributed by atoms with E-state index in [1.54, 1.807) is 6.07 Å². The van der Waals surface area contributed by atoms with Gasteiger partial charge < -0.3 is 16.4 Å². The molecular formula is C15H19N5O. The fourth-order valence-electron chi connectivity index (χ4n) is 2.74. The molecule has 2 heterocycles. The van der Waals surface area contributed by atoms with Gasteiger partial charge in [0.25, 0.3) is 5.91 Å². The first-order valence-corrected chi connectivity index (χ1v) is 7.19. The summed E-state index contributed by atoms with van der Waals surface area (Å²) < 4.78 is 0. The molecule has 3 rings (SSSR count). The van der Waals surface area contributed by atoms with Crippen LogP contribution in [0.3, 0.4) is 0 Å². The topological polar surface area (TPSA) is 92.9 Å². The number of rotatable bonds is 3. The van der Waals surface area contributed by atoms with E-state index < -0.39 is 5.91 Å². The van der Waals surface area contributed by atoms with Crippen LogP contribution >= 0.6 is 0 Å². The molecule has 0 bridgehead atoms. The number of nitrogens with one attached hydrogen (secondary N) is 2. The van der Waals surface area contributed by atoms with Crippen molar-refractivity contribution in [2.75, 3.05) is 18.4 Å². The maximum atomic E-state index is 11.6. The molecule has 0 radical (unpaired) electrons. The summed E-state index contributed by atoms with van der Waals surface area (Å²) in [6.45, 7) is 3.80. The minimum atomic E-state index is -0.469. The predicted molar refractivity (Wildman–Crippen MR) is 82.3 cm³/mol. The zero-order chi connectivity index (χ0) is 14.8. The second-order valence-corrected chi connectivity index (χ2v) is 5.37. The van der Waals surface area contributed by atoms with Crippen molar-refractivity contribution in [3.8, 4) is 0 Å². The number of nitrogens with two attached hydrogens (primary N) is 1. The Hall–Kier alpha value is -2.21. The maximum absolute atomic E-state index is 11.6. The lowest BCUT2D eigenvalue weighted by molar-refractivity contribution is 0.100. The molecule has 1 fully saturated rings.